The molecule has 0 aliphatic carbocycles. The average molecular weight is 235 g/mol. The van der Waals surface area contributed by atoms with Gasteiger partial charge in [0.2, 0.25) is 0 Å². The van der Waals surface area contributed by atoms with Gasteiger partial charge in [-0.2, -0.15) is 0 Å². The molecule has 2 N–H and O–H groups in total. The molecular weight excluding hydrogens is 214 g/mol. The normalized spacial score (nSPS) is 28.5. The third kappa shape index (κ3) is 2.68. The molecule has 2 atom stereocenters. The maximum Gasteiger partial charge on any atom is 0.192 e. The molecule has 0 bridgehead atoms. The van der Waals surface area contributed by atoms with Crippen LogP contribution >= 0.6 is 0 Å². The van der Waals surface area contributed by atoms with Crippen molar-refractivity contribution in [1.82, 2.24) is 0 Å². The van der Waals surface area contributed by atoms with Gasteiger partial charge < -0.3 is 15.2 Å². The van der Waals surface area contributed by atoms with Gasteiger partial charge in [0.25, 0.3) is 0 Å². The number of rotatable bonds is 4. The monoisotopic (exact) mass is 235 g/mol. The molecule has 2 rings (SSSR count). The maximum absolute atomic E-state index is 5.84. The lowest BCUT2D eigenvalue weighted by Gasteiger charge is -2.23. The van der Waals surface area contributed by atoms with Crippen LogP contribution < -0.4 is 5.73 Å². The largest absolute Gasteiger partial charge is 0.343 e. The topological polar surface area (TPSA) is 44.5 Å². The molecule has 1 aromatic rings. The van der Waals surface area contributed by atoms with E-state index in [1.165, 1.54) is 12.0 Å². The summed E-state index contributed by atoms with van der Waals surface area (Å²) in [6.45, 7) is 5.22. The van der Waals surface area contributed by atoms with E-state index in [0.29, 0.717) is 13.2 Å². The number of hydrogen-bond donors (Lipinski definition) is 1. The van der Waals surface area contributed by atoms with Gasteiger partial charge in [0.05, 0.1) is 12.7 Å². The van der Waals surface area contributed by atoms with E-state index in [1.54, 1.807) is 0 Å². The van der Waals surface area contributed by atoms with Crippen molar-refractivity contribution in [1.29, 1.82) is 0 Å². The first-order valence-electron chi connectivity index (χ1n) is 6.29. The number of ether oxygens (including phenoxy) is 2. The molecule has 94 valence electrons. The number of nitrogens with two attached hydrogens (primary N) is 1. The van der Waals surface area contributed by atoms with Crippen LogP contribution in [0.4, 0.5) is 0 Å². The van der Waals surface area contributed by atoms with E-state index in [4.69, 9.17) is 15.2 Å². The fraction of sp³-hybridized carbons (Fsp3) is 0.571. The standard InChI is InChI=1S/C14H21NO2/c1-3-4-11-5-7-12(8-6-11)14(2)16-10-13(9-15)17-14/h5-8,13H,3-4,9-10,15H2,1-2H3. The van der Waals surface area contributed by atoms with E-state index in [0.717, 1.165) is 12.0 Å². The molecule has 17 heavy (non-hydrogen) atoms. The lowest BCUT2D eigenvalue weighted by Crippen LogP contribution is -2.27. The third-order valence-electron chi connectivity index (χ3n) is 3.22. The van der Waals surface area contributed by atoms with Gasteiger partial charge >= 0.3 is 0 Å². The molecule has 0 amide bonds. The molecule has 2 unspecified atom stereocenters. The van der Waals surface area contributed by atoms with Crippen LogP contribution in [0.3, 0.4) is 0 Å². The lowest BCUT2D eigenvalue weighted by atomic mass is 10.0. The van der Waals surface area contributed by atoms with E-state index in [9.17, 15) is 0 Å². The minimum atomic E-state index is -0.630. The minimum Gasteiger partial charge on any atom is -0.343 e. The van der Waals surface area contributed by atoms with Gasteiger partial charge in [-0.25, -0.2) is 0 Å². The summed E-state index contributed by atoms with van der Waals surface area (Å²) in [4.78, 5) is 0. The third-order valence-corrected chi connectivity index (χ3v) is 3.22. The zero-order valence-electron chi connectivity index (χ0n) is 10.6. The van der Waals surface area contributed by atoms with Crippen LogP contribution in [0.1, 0.15) is 31.4 Å². The van der Waals surface area contributed by atoms with Crippen molar-refractivity contribution < 1.29 is 9.47 Å². The molecule has 3 nitrogen and oxygen atoms in total. The quantitative estimate of drug-likeness (QED) is 0.870. The molecule has 1 heterocycles. The van der Waals surface area contributed by atoms with E-state index in [2.05, 4.69) is 31.2 Å². The van der Waals surface area contributed by atoms with Crippen LogP contribution in [-0.4, -0.2) is 19.3 Å². The highest BCUT2D eigenvalue weighted by Crippen LogP contribution is 2.33. The van der Waals surface area contributed by atoms with Crippen LogP contribution in [0.5, 0.6) is 0 Å². The molecule has 1 saturated heterocycles. The summed E-state index contributed by atoms with van der Waals surface area (Å²) in [5.74, 6) is -0.630. The van der Waals surface area contributed by atoms with Crippen molar-refractivity contribution in [3.63, 3.8) is 0 Å². The minimum absolute atomic E-state index is 0.00955. The van der Waals surface area contributed by atoms with E-state index in [-0.39, 0.29) is 6.10 Å². The first-order valence-corrected chi connectivity index (χ1v) is 6.29. The summed E-state index contributed by atoms with van der Waals surface area (Å²) in [6.07, 6.45) is 2.29. The Hall–Kier alpha value is -0.900. The average Bonchev–Trinajstić information content (AvgIpc) is 2.74. The summed E-state index contributed by atoms with van der Waals surface area (Å²) in [5, 5.41) is 0. The van der Waals surface area contributed by atoms with E-state index in [1.807, 2.05) is 6.92 Å². The van der Waals surface area contributed by atoms with Crippen LogP contribution in [0.2, 0.25) is 0 Å². The van der Waals surface area contributed by atoms with Crippen molar-refractivity contribution in [2.24, 2.45) is 5.73 Å². The Morgan fingerprint density at radius 2 is 2.06 bits per heavy atom. The molecule has 1 aliphatic rings. The molecule has 0 spiro atoms. The highest BCUT2D eigenvalue weighted by Gasteiger charge is 2.38. The molecule has 3 heteroatoms. The van der Waals surface area contributed by atoms with Gasteiger partial charge in [0.15, 0.2) is 5.79 Å². The second kappa shape index (κ2) is 5.17. The highest BCUT2D eigenvalue weighted by atomic mass is 16.7. The maximum atomic E-state index is 5.84. The molecule has 1 fully saturated rings. The zero-order chi connectivity index (χ0) is 12.3. The van der Waals surface area contributed by atoms with Gasteiger partial charge in [-0.3, -0.25) is 0 Å². The molecular formula is C14H21NO2. The Bertz CT molecular complexity index is 363. The van der Waals surface area contributed by atoms with Crippen LogP contribution in [0.25, 0.3) is 0 Å². The number of benzene rings is 1. The van der Waals surface area contributed by atoms with Gasteiger partial charge in [-0.1, -0.05) is 37.6 Å². The number of aryl methyl sites for hydroxylation is 1. The first kappa shape index (κ1) is 12.6. The summed E-state index contributed by atoms with van der Waals surface area (Å²) in [5.41, 5.74) is 8.01. The molecule has 0 saturated carbocycles. The van der Waals surface area contributed by atoms with Crippen LogP contribution in [-0.2, 0) is 21.7 Å². The molecule has 0 aromatic heterocycles. The van der Waals surface area contributed by atoms with E-state index < -0.39 is 5.79 Å². The van der Waals surface area contributed by atoms with Gasteiger partial charge in [0, 0.05) is 12.1 Å². The molecule has 0 radical (unpaired) electrons. The Balaban J connectivity index is 2.11. The molecule has 1 aliphatic heterocycles. The second-order valence-electron chi connectivity index (χ2n) is 4.68. The van der Waals surface area contributed by atoms with Crippen molar-refractivity contribution in [2.45, 2.75) is 38.6 Å². The first-order chi connectivity index (χ1) is 8.18. The van der Waals surface area contributed by atoms with Crippen molar-refractivity contribution in [2.75, 3.05) is 13.2 Å². The highest BCUT2D eigenvalue weighted by molar-refractivity contribution is 5.26. The fourth-order valence-corrected chi connectivity index (χ4v) is 2.17. The lowest BCUT2D eigenvalue weighted by molar-refractivity contribution is -0.160. The summed E-state index contributed by atoms with van der Waals surface area (Å²) < 4.78 is 11.6. The van der Waals surface area contributed by atoms with Crippen molar-refractivity contribution in [3.05, 3.63) is 35.4 Å². The second-order valence-corrected chi connectivity index (χ2v) is 4.68. The molecule has 1 aromatic carbocycles. The number of hydrogen-bond acceptors (Lipinski definition) is 3. The summed E-state index contributed by atoms with van der Waals surface area (Å²) in [6, 6.07) is 8.47. The van der Waals surface area contributed by atoms with Gasteiger partial charge in [-0.05, 0) is 18.9 Å². The fourth-order valence-electron chi connectivity index (χ4n) is 2.17. The van der Waals surface area contributed by atoms with Crippen molar-refractivity contribution in [3.8, 4) is 0 Å². The van der Waals surface area contributed by atoms with Gasteiger partial charge in [0.1, 0.15) is 0 Å². The van der Waals surface area contributed by atoms with Crippen molar-refractivity contribution >= 4 is 0 Å². The van der Waals surface area contributed by atoms with E-state index >= 15 is 0 Å². The SMILES string of the molecule is CCCc1ccc(C2(C)OCC(CN)O2)cc1. The van der Waals surface area contributed by atoms with Crippen LogP contribution in [0.15, 0.2) is 24.3 Å². The Morgan fingerprint density at radius 3 is 2.59 bits per heavy atom. The predicted octanol–water partition coefficient (Wildman–Crippen LogP) is 2.19. The Morgan fingerprint density at radius 1 is 1.35 bits per heavy atom. The summed E-state index contributed by atoms with van der Waals surface area (Å²) in [7, 11) is 0. The Labute approximate surface area is 103 Å². The summed E-state index contributed by atoms with van der Waals surface area (Å²) >= 11 is 0. The smallest absolute Gasteiger partial charge is 0.192 e. The predicted molar refractivity (Wildman–Crippen MR) is 67.7 cm³/mol. The Kier molecular flexibility index (Phi) is 3.82. The van der Waals surface area contributed by atoms with Gasteiger partial charge in [-0.15, -0.1) is 0 Å². The van der Waals surface area contributed by atoms with Crippen LogP contribution in [0, 0.1) is 0 Å². The zero-order valence-corrected chi connectivity index (χ0v) is 10.6.